The van der Waals surface area contributed by atoms with Crippen LogP contribution in [-0.4, -0.2) is 142 Å². The van der Waals surface area contributed by atoms with Crippen molar-refractivity contribution >= 4 is 11.9 Å². The van der Waals surface area contributed by atoms with Gasteiger partial charge in [-0.1, -0.05) is 192 Å². The normalized spacial score (nSPS) is 24.8. The largest absolute Gasteiger partial charge is 0.462 e. The Morgan fingerprint density at radius 1 is 0.419 bits per heavy atom. The maximum Gasteiger partial charge on any atom is 0.306 e. The highest BCUT2D eigenvalue weighted by molar-refractivity contribution is 5.70. The highest BCUT2D eigenvalue weighted by Gasteiger charge is 2.47. The number of carbonyl (C=O) groups is 2. The lowest BCUT2D eigenvalue weighted by Crippen LogP contribution is -2.61. The summed E-state index contributed by atoms with van der Waals surface area (Å²) in [5.74, 6) is -0.925. The van der Waals surface area contributed by atoms with E-state index in [4.69, 9.17) is 28.4 Å². The molecule has 0 aromatic carbocycles. The van der Waals surface area contributed by atoms with E-state index in [0.29, 0.717) is 12.8 Å². The van der Waals surface area contributed by atoms with Crippen LogP contribution in [0.4, 0.5) is 0 Å². The molecule has 2 aliphatic rings. The molecule has 11 unspecified atom stereocenters. The van der Waals surface area contributed by atoms with Gasteiger partial charge in [0.05, 0.1) is 19.8 Å². The monoisotopic (exact) mass is 1060 g/mol. The third-order valence-corrected chi connectivity index (χ3v) is 14.4. The van der Waals surface area contributed by atoms with E-state index in [9.17, 15) is 45.3 Å². The molecule has 0 saturated carbocycles. The first kappa shape index (κ1) is 68.1. The molecule has 434 valence electrons. The average molecular weight is 1060 g/mol. The summed E-state index contributed by atoms with van der Waals surface area (Å²) in [7, 11) is 0. The molecule has 0 aromatic heterocycles. The van der Waals surface area contributed by atoms with Crippen molar-refractivity contribution in [2.75, 3.05) is 26.4 Å². The minimum atomic E-state index is -1.76. The Bertz CT molecular complexity index is 1380. The smallest absolute Gasteiger partial charge is 0.306 e. The quantitative estimate of drug-likeness (QED) is 0.0171. The Labute approximate surface area is 447 Å². The first-order valence-electron chi connectivity index (χ1n) is 29.9. The maximum absolute atomic E-state index is 13.1. The summed E-state index contributed by atoms with van der Waals surface area (Å²) >= 11 is 0. The minimum absolute atomic E-state index is 0.165. The lowest BCUT2D eigenvalue weighted by molar-refractivity contribution is -0.332. The van der Waals surface area contributed by atoms with Crippen molar-refractivity contribution in [3.63, 3.8) is 0 Å². The van der Waals surface area contributed by atoms with Gasteiger partial charge in [-0.25, -0.2) is 0 Å². The van der Waals surface area contributed by atoms with Gasteiger partial charge >= 0.3 is 11.9 Å². The van der Waals surface area contributed by atoms with Crippen LogP contribution in [0.5, 0.6) is 0 Å². The van der Waals surface area contributed by atoms with E-state index in [1.165, 1.54) is 148 Å². The van der Waals surface area contributed by atoms with Crippen molar-refractivity contribution in [1.29, 1.82) is 0 Å². The van der Waals surface area contributed by atoms with Crippen LogP contribution >= 0.6 is 0 Å². The summed E-state index contributed by atoms with van der Waals surface area (Å²) in [6.45, 7) is 2.62. The van der Waals surface area contributed by atoms with E-state index in [2.05, 4.69) is 38.2 Å². The molecule has 2 saturated heterocycles. The second kappa shape index (κ2) is 45.9. The van der Waals surface area contributed by atoms with Crippen LogP contribution in [0.2, 0.25) is 0 Å². The minimum Gasteiger partial charge on any atom is -0.462 e. The lowest BCUT2D eigenvalue weighted by Gasteiger charge is -2.42. The van der Waals surface area contributed by atoms with E-state index in [0.717, 1.165) is 57.8 Å². The second-order valence-electron chi connectivity index (χ2n) is 21.2. The number of esters is 2. The zero-order chi connectivity index (χ0) is 53.9. The highest BCUT2D eigenvalue weighted by Crippen LogP contribution is 2.27. The number of hydrogen-bond donors (Lipinski definition) is 7. The molecule has 0 spiro atoms. The Morgan fingerprint density at radius 2 is 0.770 bits per heavy atom. The fourth-order valence-electron chi connectivity index (χ4n) is 9.50. The second-order valence-corrected chi connectivity index (χ2v) is 21.2. The molecule has 0 aliphatic carbocycles. The summed E-state index contributed by atoms with van der Waals surface area (Å²) < 4.78 is 33.7. The van der Waals surface area contributed by atoms with Crippen molar-refractivity contribution in [3.05, 3.63) is 24.3 Å². The Kier molecular flexibility index (Phi) is 42.3. The van der Waals surface area contributed by atoms with E-state index >= 15 is 0 Å². The standard InChI is InChI=1S/C59H108O15/c1-3-5-7-9-11-13-15-17-19-20-21-22-23-24-25-26-28-30-32-34-36-38-40-42-51(62)72-47(44-69-50(61)41-39-37-35-33-31-29-27-18-16-14-12-10-8-6-4-2)45-70-58-57(68)55(66)53(64)49(74-58)46-71-59-56(67)54(65)52(63)48(43-60)73-59/h18,20-21,27,47-49,52-60,63-68H,3-17,19,22-26,28-46H2,1-2H3/b21-20-,27-18-. The van der Waals surface area contributed by atoms with Crippen LogP contribution < -0.4 is 0 Å². The molecular formula is C59H108O15. The number of aliphatic hydroxyl groups is 7. The molecule has 0 bridgehead atoms. The van der Waals surface area contributed by atoms with E-state index in [1.54, 1.807) is 0 Å². The zero-order valence-corrected chi connectivity index (χ0v) is 46.3. The van der Waals surface area contributed by atoms with Crippen LogP contribution in [0.15, 0.2) is 24.3 Å². The maximum atomic E-state index is 13.1. The molecule has 11 atom stereocenters. The Hall–Kier alpha value is -2.02. The summed E-state index contributed by atoms with van der Waals surface area (Å²) in [6, 6.07) is 0. The molecular weight excluding hydrogens is 949 g/mol. The molecule has 7 N–H and O–H groups in total. The van der Waals surface area contributed by atoms with Crippen molar-refractivity contribution in [1.82, 2.24) is 0 Å². The molecule has 74 heavy (non-hydrogen) atoms. The van der Waals surface area contributed by atoms with Gasteiger partial charge in [0, 0.05) is 12.8 Å². The molecule has 0 amide bonds. The number of rotatable bonds is 48. The highest BCUT2D eigenvalue weighted by atomic mass is 16.7. The van der Waals surface area contributed by atoms with Crippen LogP contribution in [-0.2, 0) is 38.0 Å². The topological polar surface area (TPSA) is 231 Å². The first-order valence-corrected chi connectivity index (χ1v) is 29.9. The number of aliphatic hydroxyl groups excluding tert-OH is 7. The van der Waals surface area contributed by atoms with Gasteiger partial charge in [-0.05, 0) is 64.2 Å². The molecule has 15 heteroatoms. The SMILES string of the molecule is CCCCCCCC/C=C\CCCCCCCC(=O)OCC(COC1OC(COC2OC(CO)C(O)C(O)C2O)C(O)C(O)C1O)OC(=O)CCCCCCCCCCCCC/C=C\CCCCCCCCCC. The molecule has 15 nitrogen and oxygen atoms in total. The molecule has 2 fully saturated rings. The number of ether oxygens (including phenoxy) is 6. The van der Waals surface area contributed by atoms with Gasteiger partial charge in [-0.15, -0.1) is 0 Å². The molecule has 2 heterocycles. The predicted molar refractivity (Wildman–Crippen MR) is 289 cm³/mol. The van der Waals surface area contributed by atoms with E-state index < -0.39 is 92.7 Å². The third kappa shape index (κ3) is 32.7. The fraction of sp³-hybridized carbons (Fsp3) is 0.898. The first-order chi connectivity index (χ1) is 36.0. The van der Waals surface area contributed by atoms with Gasteiger partial charge in [0.15, 0.2) is 18.7 Å². The number of hydrogen-bond acceptors (Lipinski definition) is 15. The van der Waals surface area contributed by atoms with Crippen molar-refractivity contribution in [2.45, 2.75) is 313 Å². The zero-order valence-electron chi connectivity index (χ0n) is 46.3. The summed E-state index contributed by atoms with van der Waals surface area (Å²) in [5, 5.41) is 72.3. The number of carbonyl (C=O) groups excluding carboxylic acids is 2. The summed E-state index contributed by atoms with van der Waals surface area (Å²) in [6.07, 6.45) is 33.4. The molecule has 0 aromatic rings. The number of allylic oxidation sites excluding steroid dienone is 4. The summed E-state index contributed by atoms with van der Waals surface area (Å²) in [5.41, 5.74) is 0. The molecule has 0 radical (unpaired) electrons. The predicted octanol–water partition coefficient (Wildman–Crippen LogP) is 10.3. The van der Waals surface area contributed by atoms with Gasteiger partial charge in [0.25, 0.3) is 0 Å². The Balaban J connectivity index is 1.73. The van der Waals surface area contributed by atoms with Gasteiger partial charge in [-0.3, -0.25) is 9.59 Å². The van der Waals surface area contributed by atoms with Gasteiger partial charge < -0.3 is 64.2 Å². The van der Waals surface area contributed by atoms with Crippen LogP contribution in [0.1, 0.15) is 245 Å². The number of unbranched alkanes of at least 4 members (excludes halogenated alkanes) is 30. The van der Waals surface area contributed by atoms with Crippen LogP contribution in [0, 0.1) is 0 Å². The van der Waals surface area contributed by atoms with E-state index in [-0.39, 0.29) is 26.1 Å². The van der Waals surface area contributed by atoms with Crippen molar-refractivity contribution in [3.8, 4) is 0 Å². The fourth-order valence-corrected chi connectivity index (χ4v) is 9.50. The van der Waals surface area contributed by atoms with Crippen molar-refractivity contribution in [2.24, 2.45) is 0 Å². The van der Waals surface area contributed by atoms with Crippen LogP contribution in [0.3, 0.4) is 0 Å². The van der Waals surface area contributed by atoms with Crippen LogP contribution in [0.25, 0.3) is 0 Å². The molecule has 2 aliphatic heterocycles. The molecule has 2 rings (SSSR count). The van der Waals surface area contributed by atoms with Gasteiger partial charge in [0.2, 0.25) is 0 Å². The van der Waals surface area contributed by atoms with Gasteiger partial charge in [0.1, 0.15) is 55.4 Å². The Morgan fingerprint density at radius 3 is 1.19 bits per heavy atom. The average Bonchev–Trinajstić information content (AvgIpc) is 3.39. The summed E-state index contributed by atoms with van der Waals surface area (Å²) in [4.78, 5) is 25.9. The third-order valence-electron chi connectivity index (χ3n) is 14.4. The lowest BCUT2D eigenvalue weighted by atomic mass is 9.98. The van der Waals surface area contributed by atoms with E-state index in [1.807, 2.05) is 0 Å². The van der Waals surface area contributed by atoms with Crippen molar-refractivity contribution < 1.29 is 73.8 Å². The van der Waals surface area contributed by atoms with Gasteiger partial charge in [-0.2, -0.15) is 0 Å².